The minimum atomic E-state index is -0.423. The summed E-state index contributed by atoms with van der Waals surface area (Å²) < 4.78 is 15.2. The van der Waals surface area contributed by atoms with Crippen molar-refractivity contribution in [3.63, 3.8) is 0 Å². The van der Waals surface area contributed by atoms with Gasteiger partial charge in [-0.1, -0.05) is 59.8 Å². The van der Waals surface area contributed by atoms with Crippen LogP contribution in [0.15, 0.2) is 65.1 Å². The van der Waals surface area contributed by atoms with Crippen molar-refractivity contribution in [2.75, 3.05) is 0 Å². The Hall–Kier alpha value is -2.18. The molecule has 0 spiro atoms. The van der Waals surface area contributed by atoms with E-state index in [9.17, 15) is 4.39 Å². The molecule has 0 saturated carbocycles. The summed E-state index contributed by atoms with van der Waals surface area (Å²) in [7, 11) is 0. The third-order valence-electron chi connectivity index (χ3n) is 3.02. The molecule has 0 fully saturated rings. The quantitative estimate of drug-likeness (QED) is 0.512. The normalized spacial score (nSPS) is 11.2. The molecule has 0 amide bonds. The zero-order valence-electron chi connectivity index (χ0n) is 11.9. The van der Waals surface area contributed by atoms with Crippen LogP contribution >= 0.6 is 23.4 Å². The van der Waals surface area contributed by atoms with Crippen molar-refractivity contribution in [1.29, 1.82) is 0 Å². The largest absolute Gasteiger partial charge is 0.212 e. The second-order valence-corrected chi connectivity index (χ2v) is 5.96. The average Bonchev–Trinajstić information content (AvgIpc) is 3.01. The van der Waals surface area contributed by atoms with Crippen LogP contribution in [0.25, 0.3) is 0 Å². The van der Waals surface area contributed by atoms with Crippen molar-refractivity contribution in [2.24, 2.45) is 5.10 Å². The van der Waals surface area contributed by atoms with Crippen molar-refractivity contribution in [3.8, 4) is 0 Å². The van der Waals surface area contributed by atoms with Gasteiger partial charge in [-0.15, -0.1) is 10.2 Å². The molecular weight excluding hydrogens is 335 g/mol. The fraction of sp³-hybridized carbons (Fsp3) is 0.0625. The number of hydrogen-bond donors (Lipinski definition) is 0. The van der Waals surface area contributed by atoms with Crippen LogP contribution < -0.4 is 0 Å². The lowest BCUT2D eigenvalue weighted by Gasteiger charge is -2.02. The molecule has 3 aromatic rings. The van der Waals surface area contributed by atoms with Crippen molar-refractivity contribution in [3.05, 3.63) is 76.8 Å². The smallest absolute Gasteiger partial charge is 0.206 e. The van der Waals surface area contributed by atoms with Crippen LogP contribution in [0.4, 0.5) is 4.39 Å². The second kappa shape index (κ2) is 7.39. The first-order valence-electron chi connectivity index (χ1n) is 6.79. The van der Waals surface area contributed by atoms with Gasteiger partial charge >= 0.3 is 0 Å². The molecule has 3 rings (SSSR count). The maximum Gasteiger partial charge on any atom is 0.212 e. The van der Waals surface area contributed by atoms with Crippen LogP contribution in [-0.2, 0) is 5.75 Å². The van der Waals surface area contributed by atoms with E-state index < -0.39 is 5.82 Å². The van der Waals surface area contributed by atoms with Crippen molar-refractivity contribution in [2.45, 2.75) is 10.9 Å². The van der Waals surface area contributed by atoms with Gasteiger partial charge in [0.05, 0.1) is 11.2 Å². The topological polar surface area (TPSA) is 43.1 Å². The first-order valence-corrected chi connectivity index (χ1v) is 8.15. The molecular formula is C16H12ClFN4S. The number of thioether (sulfide) groups is 1. The summed E-state index contributed by atoms with van der Waals surface area (Å²) in [4.78, 5) is 0. The first kappa shape index (κ1) is 15.7. The Labute approximate surface area is 142 Å². The molecule has 0 unspecified atom stereocenters. The van der Waals surface area contributed by atoms with Crippen LogP contribution in [0.3, 0.4) is 0 Å². The minimum absolute atomic E-state index is 0.238. The van der Waals surface area contributed by atoms with E-state index in [4.69, 9.17) is 11.6 Å². The van der Waals surface area contributed by atoms with Crippen molar-refractivity contribution in [1.82, 2.24) is 14.9 Å². The minimum Gasteiger partial charge on any atom is -0.206 e. The molecule has 0 atom stereocenters. The van der Waals surface area contributed by atoms with E-state index >= 15 is 0 Å². The molecule has 1 heterocycles. The Morgan fingerprint density at radius 3 is 2.78 bits per heavy atom. The van der Waals surface area contributed by atoms with Gasteiger partial charge in [-0.3, -0.25) is 0 Å². The highest BCUT2D eigenvalue weighted by Crippen LogP contribution is 2.21. The molecule has 0 N–H and O–H groups in total. The molecule has 116 valence electrons. The fourth-order valence-electron chi connectivity index (χ4n) is 1.87. The summed E-state index contributed by atoms with van der Waals surface area (Å²) in [6, 6.07) is 14.5. The van der Waals surface area contributed by atoms with E-state index in [0.717, 1.165) is 5.75 Å². The molecule has 2 aromatic carbocycles. The molecule has 0 aliphatic carbocycles. The second-order valence-electron chi connectivity index (χ2n) is 4.61. The number of halogens is 2. The molecule has 0 saturated heterocycles. The molecule has 4 nitrogen and oxygen atoms in total. The molecule has 1 aromatic heterocycles. The molecule has 7 heteroatoms. The van der Waals surface area contributed by atoms with E-state index in [0.29, 0.717) is 10.2 Å². The van der Waals surface area contributed by atoms with Gasteiger partial charge < -0.3 is 0 Å². The van der Waals surface area contributed by atoms with E-state index in [1.807, 2.05) is 30.3 Å². The van der Waals surface area contributed by atoms with Gasteiger partial charge in [0.1, 0.15) is 12.1 Å². The van der Waals surface area contributed by atoms with Crippen molar-refractivity contribution >= 4 is 29.6 Å². The molecule has 0 aliphatic heterocycles. The third kappa shape index (κ3) is 3.97. The summed E-state index contributed by atoms with van der Waals surface area (Å²) >= 11 is 7.47. The Bertz CT molecular complexity index is 800. The zero-order valence-corrected chi connectivity index (χ0v) is 13.5. The van der Waals surface area contributed by atoms with Gasteiger partial charge in [0.15, 0.2) is 0 Å². The van der Waals surface area contributed by atoms with Gasteiger partial charge in [-0.2, -0.15) is 9.78 Å². The van der Waals surface area contributed by atoms with E-state index in [1.165, 1.54) is 40.6 Å². The number of benzene rings is 2. The van der Waals surface area contributed by atoms with Gasteiger partial charge in [0, 0.05) is 11.3 Å². The van der Waals surface area contributed by atoms with Gasteiger partial charge in [-0.05, 0) is 17.7 Å². The van der Waals surface area contributed by atoms with E-state index in [2.05, 4.69) is 15.3 Å². The predicted molar refractivity (Wildman–Crippen MR) is 90.4 cm³/mol. The Kier molecular flexibility index (Phi) is 5.05. The van der Waals surface area contributed by atoms with E-state index in [-0.39, 0.29) is 5.56 Å². The Morgan fingerprint density at radius 1 is 1.17 bits per heavy atom. The number of nitrogens with zero attached hydrogens (tertiary/aromatic N) is 4. The SMILES string of the molecule is Fc1cccc(Cl)c1/C=N\n1cnnc1SCc1ccccc1. The summed E-state index contributed by atoms with van der Waals surface area (Å²) in [6.07, 6.45) is 2.84. The fourth-order valence-corrected chi connectivity index (χ4v) is 2.90. The highest BCUT2D eigenvalue weighted by Gasteiger charge is 2.07. The summed E-state index contributed by atoms with van der Waals surface area (Å²) in [5, 5.41) is 13.0. The number of rotatable bonds is 5. The Balaban J connectivity index is 1.75. The lowest BCUT2D eigenvalue weighted by molar-refractivity contribution is 0.625. The van der Waals surface area contributed by atoms with E-state index in [1.54, 1.807) is 12.1 Å². The molecule has 0 radical (unpaired) electrons. The highest BCUT2D eigenvalue weighted by atomic mass is 35.5. The average molecular weight is 347 g/mol. The maximum absolute atomic E-state index is 13.7. The molecule has 0 aliphatic rings. The maximum atomic E-state index is 13.7. The predicted octanol–water partition coefficient (Wildman–Crippen LogP) is 4.25. The number of aromatic nitrogens is 3. The van der Waals surface area contributed by atoms with Crippen LogP contribution in [0.1, 0.15) is 11.1 Å². The van der Waals surface area contributed by atoms with Crippen LogP contribution in [-0.4, -0.2) is 21.1 Å². The lowest BCUT2D eigenvalue weighted by Crippen LogP contribution is -1.95. The summed E-state index contributed by atoms with van der Waals surface area (Å²) in [6.45, 7) is 0. The highest BCUT2D eigenvalue weighted by molar-refractivity contribution is 7.98. The number of hydrogen-bond acceptors (Lipinski definition) is 4. The zero-order chi connectivity index (χ0) is 16.1. The van der Waals surface area contributed by atoms with Gasteiger partial charge in [-0.25, -0.2) is 4.39 Å². The molecule has 23 heavy (non-hydrogen) atoms. The lowest BCUT2D eigenvalue weighted by atomic mass is 10.2. The monoisotopic (exact) mass is 346 g/mol. The van der Waals surface area contributed by atoms with Crippen LogP contribution in [0, 0.1) is 5.82 Å². The van der Waals surface area contributed by atoms with Crippen LogP contribution in [0.2, 0.25) is 5.02 Å². The third-order valence-corrected chi connectivity index (χ3v) is 4.36. The summed E-state index contributed by atoms with van der Waals surface area (Å²) in [5.41, 5.74) is 1.41. The van der Waals surface area contributed by atoms with Crippen molar-refractivity contribution < 1.29 is 4.39 Å². The standard InChI is InChI=1S/C16H12ClFN4S/c17-14-7-4-8-15(18)13(14)9-20-22-11-19-21-16(22)23-10-12-5-2-1-3-6-12/h1-9,11H,10H2/b20-9-. The van der Waals surface area contributed by atoms with Crippen LogP contribution in [0.5, 0.6) is 0 Å². The van der Waals surface area contributed by atoms with Gasteiger partial charge in [0.2, 0.25) is 5.16 Å². The Morgan fingerprint density at radius 2 is 2.00 bits per heavy atom. The first-order chi connectivity index (χ1) is 11.2. The molecule has 0 bridgehead atoms. The summed E-state index contributed by atoms with van der Waals surface area (Å²) in [5.74, 6) is 0.322. The van der Waals surface area contributed by atoms with Gasteiger partial charge in [0.25, 0.3) is 0 Å².